The highest BCUT2D eigenvalue weighted by atomic mass is 79.9. The van der Waals surface area contributed by atoms with Crippen LogP contribution in [0.2, 0.25) is 0 Å². The molecule has 0 spiro atoms. The van der Waals surface area contributed by atoms with Crippen molar-refractivity contribution in [2.45, 2.75) is 58.7 Å². The average molecular weight is 620 g/mol. The summed E-state index contributed by atoms with van der Waals surface area (Å²) >= 11 is 3.53. The fourth-order valence-electron chi connectivity index (χ4n) is 6.21. The molecule has 4 heterocycles. The van der Waals surface area contributed by atoms with Gasteiger partial charge in [-0.15, -0.1) is 0 Å². The molecule has 0 radical (unpaired) electrons. The zero-order chi connectivity index (χ0) is 28.5. The number of imidazole rings is 1. The second kappa shape index (κ2) is 11.8. The number of benzene rings is 2. The summed E-state index contributed by atoms with van der Waals surface area (Å²) in [6, 6.07) is 16.9. The Hall–Kier alpha value is -3.50. The summed E-state index contributed by atoms with van der Waals surface area (Å²) in [6.07, 6.45) is 3.77. The molecule has 2 aliphatic heterocycles. The first-order valence-electron chi connectivity index (χ1n) is 14.3. The van der Waals surface area contributed by atoms with Gasteiger partial charge < -0.3 is 14.5 Å². The molecule has 2 aromatic carbocycles. The highest BCUT2D eigenvalue weighted by Gasteiger charge is 2.28. The van der Waals surface area contributed by atoms with Gasteiger partial charge in [-0.3, -0.25) is 18.8 Å². The number of likely N-dealkylation sites (tertiary alicyclic amines) is 1. The first-order valence-corrected chi connectivity index (χ1v) is 15.1. The molecule has 1 fully saturated rings. The molecule has 214 valence electrons. The van der Waals surface area contributed by atoms with Gasteiger partial charge in [-0.25, -0.2) is 0 Å². The van der Waals surface area contributed by atoms with E-state index in [1.165, 1.54) is 18.2 Å². The number of para-hydroxylation sites is 2. The number of rotatable bonds is 7. The van der Waals surface area contributed by atoms with Crippen LogP contribution in [0.15, 0.2) is 53.0 Å². The van der Waals surface area contributed by atoms with Crippen LogP contribution in [-0.2, 0) is 29.1 Å². The Balaban J connectivity index is 1.12. The predicted molar refractivity (Wildman–Crippen MR) is 161 cm³/mol. The van der Waals surface area contributed by atoms with E-state index < -0.39 is 0 Å². The van der Waals surface area contributed by atoms with Gasteiger partial charge in [0.05, 0.1) is 16.7 Å². The van der Waals surface area contributed by atoms with E-state index >= 15 is 0 Å². The van der Waals surface area contributed by atoms with E-state index in [4.69, 9.17) is 9.84 Å². The minimum atomic E-state index is -0.350. The number of aryl methyl sites for hydroxylation is 1. The Bertz CT molecular complexity index is 1570. The smallest absolute Gasteiger partial charge is 0.310 e. The summed E-state index contributed by atoms with van der Waals surface area (Å²) in [6.45, 7) is 8.21. The van der Waals surface area contributed by atoms with Crippen LogP contribution >= 0.6 is 15.9 Å². The SMILES string of the molecule is CC(=O)Oc1nc2ccccc2n1C1CCN(CCCn2nc(-c3ccc(Br)cc3)c3c2CCN(C(C)=O)C3)CC1. The molecule has 6 rings (SSSR count). The maximum absolute atomic E-state index is 12.1. The van der Waals surface area contributed by atoms with Gasteiger partial charge in [0, 0.05) is 80.3 Å². The number of piperidine rings is 1. The van der Waals surface area contributed by atoms with E-state index in [1.807, 2.05) is 41.3 Å². The predicted octanol–water partition coefficient (Wildman–Crippen LogP) is 5.22. The number of hydrogen-bond acceptors (Lipinski definition) is 6. The van der Waals surface area contributed by atoms with Crippen molar-refractivity contribution in [3.05, 3.63) is 64.3 Å². The van der Waals surface area contributed by atoms with Crippen molar-refractivity contribution in [3.63, 3.8) is 0 Å². The van der Waals surface area contributed by atoms with Crippen molar-refractivity contribution in [1.29, 1.82) is 0 Å². The van der Waals surface area contributed by atoms with E-state index in [2.05, 4.69) is 47.2 Å². The molecular formula is C31H35BrN6O3. The summed E-state index contributed by atoms with van der Waals surface area (Å²) in [5.41, 5.74) is 6.35. The van der Waals surface area contributed by atoms with Crippen LogP contribution in [0.3, 0.4) is 0 Å². The van der Waals surface area contributed by atoms with Crippen LogP contribution in [0, 0.1) is 0 Å². The Labute approximate surface area is 248 Å². The Kier molecular flexibility index (Phi) is 7.94. The lowest BCUT2D eigenvalue weighted by Crippen LogP contribution is -2.36. The number of carbonyl (C=O) groups excluding carboxylic acids is 2. The van der Waals surface area contributed by atoms with Crippen LogP contribution in [0.4, 0.5) is 0 Å². The minimum absolute atomic E-state index is 0.109. The van der Waals surface area contributed by atoms with Crippen LogP contribution in [-0.4, -0.2) is 67.2 Å². The van der Waals surface area contributed by atoms with Gasteiger partial charge in [-0.2, -0.15) is 10.1 Å². The van der Waals surface area contributed by atoms with Crippen molar-refractivity contribution < 1.29 is 14.3 Å². The number of amides is 1. The standard InChI is InChI=1S/C31H35BrN6O3/c1-21(39)36-19-14-28-26(20-36)30(23-8-10-24(32)11-9-23)34-37(28)16-5-15-35-17-12-25(13-18-35)38-29-7-4-3-6-27(29)33-31(38)41-22(2)40/h3-4,6-11,25H,5,12-20H2,1-2H3. The second-order valence-corrected chi connectivity index (χ2v) is 11.9. The molecule has 2 aliphatic rings. The normalized spacial score (nSPS) is 16.2. The molecule has 1 amide bonds. The number of ether oxygens (including phenoxy) is 1. The maximum atomic E-state index is 12.1. The zero-order valence-electron chi connectivity index (χ0n) is 23.6. The average Bonchev–Trinajstić information content (AvgIpc) is 3.51. The molecular weight excluding hydrogens is 584 g/mol. The van der Waals surface area contributed by atoms with Crippen molar-refractivity contribution in [2.75, 3.05) is 26.2 Å². The van der Waals surface area contributed by atoms with Crippen molar-refractivity contribution in [2.24, 2.45) is 0 Å². The summed E-state index contributed by atoms with van der Waals surface area (Å²) in [7, 11) is 0. The van der Waals surface area contributed by atoms with E-state index in [9.17, 15) is 9.59 Å². The lowest BCUT2D eigenvalue weighted by molar-refractivity contribution is -0.132. The summed E-state index contributed by atoms with van der Waals surface area (Å²) in [4.78, 5) is 32.9. The quantitative estimate of drug-likeness (QED) is 0.264. The van der Waals surface area contributed by atoms with Gasteiger partial charge in [0.15, 0.2) is 0 Å². The van der Waals surface area contributed by atoms with E-state index in [1.54, 1.807) is 6.92 Å². The molecule has 2 aromatic heterocycles. The topological polar surface area (TPSA) is 85.5 Å². The van der Waals surface area contributed by atoms with Crippen molar-refractivity contribution in [1.82, 2.24) is 29.1 Å². The molecule has 0 unspecified atom stereocenters. The summed E-state index contributed by atoms with van der Waals surface area (Å²) in [5.74, 6) is -0.241. The Morgan fingerprint density at radius 3 is 2.49 bits per heavy atom. The molecule has 0 N–H and O–H groups in total. The molecule has 10 heteroatoms. The largest absolute Gasteiger partial charge is 0.392 e. The maximum Gasteiger partial charge on any atom is 0.310 e. The zero-order valence-corrected chi connectivity index (χ0v) is 25.1. The first kappa shape index (κ1) is 27.7. The number of aromatic nitrogens is 4. The molecule has 0 bridgehead atoms. The number of esters is 1. The number of carbonyl (C=O) groups is 2. The fourth-order valence-corrected chi connectivity index (χ4v) is 6.47. The van der Waals surface area contributed by atoms with Crippen LogP contribution in [0.1, 0.15) is 50.4 Å². The number of fused-ring (bicyclic) bond motifs is 2. The first-order chi connectivity index (χ1) is 19.9. The van der Waals surface area contributed by atoms with E-state index in [0.717, 1.165) is 85.2 Å². The Morgan fingerprint density at radius 2 is 1.76 bits per heavy atom. The van der Waals surface area contributed by atoms with Gasteiger partial charge in [0.25, 0.3) is 0 Å². The van der Waals surface area contributed by atoms with E-state index in [-0.39, 0.29) is 17.9 Å². The third-order valence-electron chi connectivity index (χ3n) is 8.26. The van der Waals surface area contributed by atoms with Gasteiger partial charge in [0.2, 0.25) is 5.91 Å². The summed E-state index contributed by atoms with van der Waals surface area (Å²) in [5, 5.41) is 5.07. The number of hydrogen-bond donors (Lipinski definition) is 0. The molecule has 4 aromatic rings. The molecule has 0 atom stereocenters. The molecule has 41 heavy (non-hydrogen) atoms. The van der Waals surface area contributed by atoms with Gasteiger partial charge >= 0.3 is 12.0 Å². The van der Waals surface area contributed by atoms with Gasteiger partial charge in [-0.05, 0) is 50.1 Å². The number of nitrogens with zero attached hydrogens (tertiary/aromatic N) is 6. The Morgan fingerprint density at radius 1 is 1.00 bits per heavy atom. The molecule has 1 saturated heterocycles. The summed E-state index contributed by atoms with van der Waals surface area (Å²) < 4.78 is 10.8. The monoisotopic (exact) mass is 618 g/mol. The molecule has 0 saturated carbocycles. The lowest BCUT2D eigenvalue weighted by atomic mass is 10.0. The molecule has 0 aliphatic carbocycles. The van der Waals surface area contributed by atoms with Gasteiger partial charge in [0.1, 0.15) is 0 Å². The third-order valence-corrected chi connectivity index (χ3v) is 8.79. The third kappa shape index (κ3) is 5.81. The highest BCUT2D eigenvalue weighted by molar-refractivity contribution is 9.10. The molecule has 9 nitrogen and oxygen atoms in total. The van der Waals surface area contributed by atoms with Crippen LogP contribution in [0.25, 0.3) is 22.3 Å². The fraction of sp³-hybridized carbons (Fsp3) is 0.419. The highest BCUT2D eigenvalue weighted by Crippen LogP contribution is 2.33. The van der Waals surface area contributed by atoms with E-state index in [0.29, 0.717) is 12.6 Å². The van der Waals surface area contributed by atoms with Crippen LogP contribution < -0.4 is 4.74 Å². The number of halogens is 1. The minimum Gasteiger partial charge on any atom is -0.392 e. The van der Waals surface area contributed by atoms with Crippen LogP contribution in [0.5, 0.6) is 6.01 Å². The second-order valence-electron chi connectivity index (χ2n) is 11.0. The lowest BCUT2D eigenvalue weighted by Gasteiger charge is -2.33. The van der Waals surface area contributed by atoms with Crippen molar-refractivity contribution >= 4 is 38.8 Å². The van der Waals surface area contributed by atoms with Crippen molar-refractivity contribution in [3.8, 4) is 17.3 Å². The van der Waals surface area contributed by atoms with Gasteiger partial charge in [-0.1, -0.05) is 40.2 Å².